The van der Waals surface area contributed by atoms with Crippen LogP contribution in [0.4, 0.5) is 0 Å². The molecule has 4 heteroatoms. The van der Waals surface area contributed by atoms with Crippen LogP contribution in [0.15, 0.2) is 0 Å². The number of carboxylic acid groups (broad SMARTS) is 1. The van der Waals surface area contributed by atoms with Crippen LogP contribution in [0.3, 0.4) is 0 Å². The molecule has 0 aromatic carbocycles. The first-order valence-electron chi connectivity index (χ1n) is 7.89. The summed E-state index contributed by atoms with van der Waals surface area (Å²) in [7, 11) is 0. The van der Waals surface area contributed by atoms with Crippen LogP contribution in [0.1, 0.15) is 44.9 Å². The summed E-state index contributed by atoms with van der Waals surface area (Å²) < 4.78 is 0. The summed E-state index contributed by atoms with van der Waals surface area (Å²) in [6, 6.07) is 0.690. The van der Waals surface area contributed by atoms with Crippen molar-refractivity contribution in [2.75, 3.05) is 32.7 Å². The number of rotatable bonds is 3. The van der Waals surface area contributed by atoms with Crippen molar-refractivity contribution in [3.8, 4) is 0 Å². The Hall–Kier alpha value is -0.610. The number of carboxylic acids is 1. The van der Waals surface area contributed by atoms with E-state index in [9.17, 15) is 9.90 Å². The van der Waals surface area contributed by atoms with Crippen LogP contribution in [0.2, 0.25) is 0 Å². The molecule has 0 aromatic heterocycles. The SMILES string of the molecule is O=C(O)C1(CN2CCN3CCCCC3C2)CCCC1. The minimum Gasteiger partial charge on any atom is -0.481 e. The first-order valence-corrected chi connectivity index (χ1v) is 7.89. The Bertz CT molecular complexity index is 339. The van der Waals surface area contributed by atoms with Gasteiger partial charge in [-0.1, -0.05) is 19.3 Å². The number of piperidine rings is 1. The molecule has 1 aliphatic carbocycles. The molecule has 0 radical (unpaired) electrons. The van der Waals surface area contributed by atoms with Gasteiger partial charge in [0.15, 0.2) is 0 Å². The molecule has 3 aliphatic rings. The zero-order valence-electron chi connectivity index (χ0n) is 11.8. The average Bonchev–Trinajstić information content (AvgIpc) is 2.88. The second-order valence-corrected chi connectivity index (χ2v) is 6.71. The van der Waals surface area contributed by atoms with Gasteiger partial charge < -0.3 is 5.11 Å². The summed E-state index contributed by atoms with van der Waals surface area (Å²) in [5.41, 5.74) is -0.434. The van der Waals surface area contributed by atoms with E-state index in [0.717, 1.165) is 51.9 Å². The van der Waals surface area contributed by atoms with Gasteiger partial charge in [-0.3, -0.25) is 14.6 Å². The Morgan fingerprint density at radius 3 is 2.63 bits per heavy atom. The fourth-order valence-electron chi connectivity index (χ4n) is 4.28. The maximum atomic E-state index is 11.6. The van der Waals surface area contributed by atoms with E-state index in [2.05, 4.69) is 9.80 Å². The fourth-order valence-corrected chi connectivity index (χ4v) is 4.28. The number of piperazine rings is 1. The molecule has 2 heterocycles. The number of hydrogen-bond donors (Lipinski definition) is 1. The van der Waals surface area contributed by atoms with Crippen LogP contribution in [0.5, 0.6) is 0 Å². The van der Waals surface area contributed by atoms with Gasteiger partial charge in [-0.15, -0.1) is 0 Å². The number of fused-ring (bicyclic) bond motifs is 1. The molecule has 0 amide bonds. The number of hydrogen-bond acceptors (Lipinski definition) is 3. The number of aliphatic carboxylic acids is 1. The van der Waals surface area contributed by atoms with Crippen molar-refractivity contribution in [3.05, 3.63) is 0 Å². The molecule has 1 atom stereocenters. The molecule has 108 valence electrons. The van der Waals surface area contributed by atoms with Gasteiger partial charge in [-0.2, -0.15) is 0 Å². The van der Waals surface area contributed by atoms with Crippen LogP contribution in [0, 0.1) is 5.41 Å². The zero-order chi connectivity index (χ0) is 13.3. The second kappa shape index (κ2) is 5.41. The Morgan fingerprint density at radius 2 is 1.89 bits per heavy atom. The molecule has 19 heavy (non-hydrogen) atoms. The fraction of sp³-hybridized carbons (Fsp3) is 0.933. The summed E-state index contributed by atoms with van der Waals surface area (Å²) >= 11 is 0. The van der Waals surface area contributed by atoms with E-state index >= 15 is 0 Å². The van der Waals surface area contributed by atoms with Crippen molar-refractivity contribution in [2.24, 2.45) is 5.41 Å². The maximum absolute atomic E-state index is 11.6. The van der Waals surface area contributed by atoms with Gasteiger partial charge in [-0.25, -0.2) is 0 Å². The lowest BCUT2D eigenvalue weighted by Gasteiger charge is -2.45. The zero-order valence-corrected chi connectivity index (χ0v) is 11.8. The van der Waals surface area contributed by atoms with Crippen LogP contribution in [-0.2, 0) is 4.79 Å². The van der Waals surface area contributed by atoms with Crippen LogP contribution >= 0.6 is 0 Å². The van der Waals surface area contributed by atoms with E-state index in [1.165, 1.54) is 25.8 Å². The summed E-state index contributed by atoms with van der Waals surface area (Å²) in [5, 5.41) is 9.59. The highest BCUT2D eigenvalue weighted by atomic mass is 16.4. The first-order chi connectivity index (χ1) is 9.20. The summed E-state index contributed by atoms with van der Waals surface area (Å²) in [5.74, 6) is -0.559. The summed E-state index contributed by atoms with van der Waals surface area (Å²) in [4.78, 5) is 16.7. The van der Waals surface area contributed by atoms with E-state index in [1.807, 2.05) is 0 Å². The number of carbonyl (C=O) groups is 1. The van der Waals surface area contributed by atoms with Gasteiger partial charge in [-0.05, 0) is 32.2 Å². The lowest BCUT2D eigenvalue weighted by molar-refractivity contribution is -0.150. The first kappa shape index (κ1) is 13.4. The molecule has 2 aliphatic heterocycles. The maximum Gasteiger partial charge on any atom is 0.310 e. The van der Waals surface area contributed by atoms with Crippen molar-refractivity contribution in [1.29, 1.82) is 0 Å². The minimum absolute atomic E-state index is 0.434. The van der Waals surface area contributed by atoms with Crippen LogP contribution in [0.25, 0.3) is 0 Å². The molecule has 0 bridgehead atoms. The van der Waals surface area contributed by atoms with Crippen molar-refractivity contribution >= 4 is 5.97 Å². The van der Waals surface area contributed by atoms with Gasteiger partial charge in [0.1, 0.15) is 0 Å². The van der Waals surface area contributed by atoms with Crippen LogP contribution < -0.4 is 0 Å². The molecule has 3 rings (SSSR count). The standard InChI is InChI=1S/C15H26N2O2/c18-14(19)15(6-2-3-7-15)12-16-9-10-17-8-4-1-5-13(17)11-16/h13H,1-12H2,(H,18,19). The minimum atomic E-state index is -0.559. The lowest BCUT2D eigenvalue weighted by Crippen LogP contribution is -2.57. The second-order valence-electron chi connectivity index (χ2n) is 6.71. The number of nitrogens with zero attached hydrogens (tertiary/aromatic N) is 2. The Kier molecular flexibility index (Phi) is 3.81. The molecule has 1 saturated carbocycles. The summed E-state index contributed by atoms with van der Waals surface area (Å²) in [6.07, 6.45) is 7.94. The van der Waals surface area contributed by atoms with E-state index < -0.39 is 11.4 Å². The smallest absolute Gasteiger partial charge is 0.310 e. The Labute approximate surface area is 115 Å². The van der Waals surface area contributed by atoms with Crippen LogP contribution in [-0.4, -0.2) is 59.6 Å². The third kappa shape index (κ3) is 2.65. The van der Waals surface area contributed by atoms with Gasteiger partial charge in [0, 0.05) is 32.2 Å². The topological polar surface area (TPSA) is 43.8 Å². The predicted octanol–water partition coefficient (Wildman–Crippen LogP) is 1.80. The normalized spacial score (nSPS) is 32.1. The van der Waals surface area contributed by atoms with Gasteiger partial charge in [0.25, 0.3) is 0 Å². The van der Waals surface area contributed by atoms with Crippen molar-refractivity contribution < 1.29 is 9.90 Å². The van der Waals surface area contributed by atoms with Crippen molar-refractivity contribution in [3.63, 3.8) is 0 Å². The van der Waals surface area contributed by atoms with Crippen molar-refractivity contribution in [2.45, 2.75) is 51.0 Å². The third-order valence-corrected chi connectivity index (χ3v) is 5.46. The molecule has 0 spiro atoms. The molecule has 2 saturated heterocycles. The Balaban J connectivity index is 1.62. The predicted molar refractivity (Wildman–Crippen MR) is 74.2 cm³/mol. The lowest BCUT2D eigenvalue weighted by atomic mass is 9.85. The monoisotopic (exact) mass is 266 g/mol. The third-order valence-electron chi connectivity index (χ3n) is 5.46. The highest BCUT2D eigenvalue weighted by molar-refractivity contribution is 5.75. The van der Waals surface area contributed by atoms with E-state index in [0.29, 0.717) is 6.04 Å². The van der Waals surface area contributed by atoms with Gasteiger partial charge in [0.05, 0.1) is 5.41 Å². The van der Waals surface area contributed by atoms with E-state index in [4.69, 9.17) is 0 Å². The highest BCUT2D eigenvalue weighted by Gasteiger charge is 2.43. The molecule has 4 nitrogen and oxygen atoms in total. The average molecular weight is 266 g/mol. The molecule has 0 aromatic rings. The molecule has 1 unspecified atom stereocenters. The van der Waals surface area contributed by atoms with Gasteiger partial charge >= 0.3 is 5.97 Å². The molecular formula is C15H26N2O2. The van der Waals surface area contributed by atoms with E-state index in [-0.39, 0.29) is 0 Å². The summed E-state index contributed by atoms with van der Waals surface area (Å²) in [6.45, 7) is 5.33. The van der Waals surface area contributed by atoms with Gasteiger partial charge in [0.2, 0.25) is 0 Å². The quantitative estimate of drug-likeness (QED) is 0.846. The molecule has 3 fully saturated rings. The highest BCUT2D eigenvalue weighted by Crippen LogP contribution is 2.39. The largest absolute Gasteiger partial charge is 0.481 e. The molecular weight excluding hydrogens is 240 g/mol. The Morgan fingerprint density at radius 1 is 1.11 bits per heavy atom. The van der Waals surface area contributed by atoms with E-state index in [1.54, 1.807) is 0 Å². The van der Waals surface area contributed by atoms with Crippen molar-refractivity contribution in [1.82, 2.24) is 9.80 Å². The molecule has 1 N–H and O–H groups in total.